The molecular formula is C16H23F3N2O2S. The molecule has 1 aliphatic rings. The fraction of sp³-hybridized carbons (Fsp3) is 0.625. The van der Waals surface area contributed by atoms with Crippen LogP contribution in [0.5, 0.6) is 0 Å². The number of sulfonamides is 1. The van der Waals surface area contributed by atoms with Crippen LogP contribution in [-0.2, 0) is 15.8 Å². The Balaban J connectivity index is 1.83. The second-order valence-electron chi connectivity index (χ2n) is 6.38. The van der Waals surface area contributed by atoms with Gasteiger partial charge in [-0.25, -0.2) is 13.1 Å². The van der Waals surface area contributed by atoms with Crippen LogP contribution in [0.4, 0.5) is 13.2 Å². The minimum Gasteiger partial charge on any atom is -0.295 e. The normalized spacial score (nSPS) is 19.3. The lowest BCUT2D eigenvalue weighted by Gasteiger charge is -2.35. The van der Waals surface area contributed by atoms with Gasteiger partial charge in [-0.2, -0.15) is 13.2 Å². The smallest absolute Gasteiger partial charge is 0.295 e. The Labute approximate surface area is 141 Å². The Kier molecular flexibility index (Phi) is 6.28. The first kappa shape index (κ1) is 19.2. The SMILES string of the molecule is C[C@H](NS(=O)(=O)Cc1ccccc1)C1CCN(CC(F)(F)F)CC1. The average Bonchev–Trinajstić information content (AvgIpc) is 2.46. The summed E-state index contributed by atoms with van der Waals surface area (Å²) in [5.41, 5.74) is 0.706. The molecule has 136 valence electrons. The first-order valence-corrected chi connectivity index (χ1v) is 9.63. The van der Waals surface area contributed by atoms with Gasteiger partial charge < -0.3 is 0 Å². The lowest BCUT2D eigenvalue weighted by atomic mass is 9.91. The summed E-state index contributed by atoms with van der Waals surface area (Å²) in [6.07, 6.45) is -3.06. The van der Waals surface area contributed by atoms with E-state index in [1.807, 2.05) is 6.07 Å². The molecule has 0 aromatic heterocycles. The Hall–Kier alpha value is -1.12. The van der Waals surface area contributed by atoms with Gasteiger partial charge in [0.15, 0.2) is 0 Å². The number of piperidine rings is 1. The van der Waals surface area contributed by atoms with Crippen molar-refractivity contribution in [1.29, 1.82) is 0 Å². The molecule has 0 unspecified atom stereocenters. The van der Waals surface area contributed by atoms with Crippen LogP contribution in [0.2, 0.25) is 0 Å². The van der Waals surface area contributed by atoms with Crippen molar-refractivity contribution in [2.24, 2.45) is 5.92 Å². The van der Waals surface area contributed by atoms with E-state index in [1.54, 1.807) is 31.2 Å². The zero-order valence-electron chi connectivity index (χ0n) is 13.6. The largest absolute Gasteiger partial charge is 0.401 e. The fourth-order valence-corrected chi connectivity index (χ4v) is 4.55. The van der Waals surface area contributed by atoms with Crippen LogP contribution in [0.3, 0.4) is 0 Å². The van der Waals surface area contributed by atoms with Gasteiger partial charge >= 0.3 is 6.18 Å². The molecule has 1 atom stereocenters. The summed E-state index contributed by atoms with van der Waals surface area (Å²) in [6.45, 7) is 1.57. The maximum atomic E-state index is 12.4. The summed E-state index contributed by atoms with van der Waals surface area (Å²) in [4.78, 5) is 1.38. The van der Waals surface area contributed by atoms with Crippen LogP contribution in [0.1, 0.15) is 25.3 Å². The monoisotopic (exact) mass is 364 g/mol. The number of benzene rings is 1. The van der Waals surface area contributed by atoms with E-state index in [9.17, 15) is 21.6 Å². The standard InChI is InChI=1S/C16H23F3N2O2S/c1-13(15-7-9-21(10-8-15)12-16(17,18)19)20-24(22,23)11-14-5-3-2-4-6-14/h2-6,13,15,20H,7-12H2,1H3/t13-/m0/s1. The highest BCUT2D eigenvalue weighted by atomic mass is 32.2. The highest BCUT2D eigenvalue weighted by molar-refractivity contribution is 7.88. The van der Waals surface area contributed by atoms with E-state index in [4.69, 9.17) is 0 Å². The number of hydrogen-bond donors (Lipinski definition) is 1. The van der Waals surface area contributed by atoms with Gasteiger partial charge in [0.05, 0.1) is 12.3 Å². The Bertz CT molecular complexity index is 612. The molecule has 2 rings (SSSR count). The summed E-state index contributed by atoms with van der Waals surface area (Å²) in [7, 11) is -3.47. The average molecular weight is 364 g/mol. The van der Waals surface area contributed by atoms with Gasteiger partial charge in [0.2, 0.25) is 10.0 Å². The first-order chi connectivity index (χ1) is 11.1. The van der Waals surface area contributed by atoms with E-state index < -0.39 is 22.7 Å². The molecule has 1 aromatic rings. The topological polar surface area (TPSA) is 49.4 Å². The Morgan fingerprint density at radius 1 is 1.21 bits per heavy atom. The van der Waals surface area contributed by atoms with Crippen LogP contribution >= 0.6 is 0 Å². The molecule has 0 radical (unpaired) electrons. The third-order valence-electron chi connectivity index (χ3n) is 4.31. The maximum absolute atomic E-state index is 12.4. The van der Waals surface area contributed by atoms with Crippen molar-refractivity contribution < 1.29 is 21.6 Å². The molecule has 4 nitrogen and oxygen atoms in total. The van der Waals surface area contributed by atoms with E-state index in [2.05, 4.69) is 4.72 Å². The first-order valence-electron chi connectivity index (χ1n) is 7.98. The molecule has 0 aliphatic carbocycles. The molecule has 1 aliphatic heterocycles. The fourth-order valence-electron chi connectivity index (χ4n) is 3.08. The minimum absolute atomic E-state index is 0.0556. The van der Waals surface area contributed by atoms with E-state index in [0.717, 1.165) is 0 Å². The zero-order valence-corrected chi connectivity index (χ0v) is 14.4. The second kappa shape index (κ2) is 7.84. The zero-order chi connectivity index (χ0) is 17.8. The van der Waals surface area contributed by atoms with Crippen LogP contribution in [0.15, 0.2) is 30.3 Å². The lowest BCUT2D eigenvalue weighted by molar-refractivity contribution is -0.148. The highest BCUT2D eigenvalue weighted by Gasteiger charge is 2.34. The van der Waals surface area contributed by atoms with Gasteiger partial charge in [-0.3, -0.25) is 4.90 Å². The van der Waals surface area contributed by atoms with Gasteiger partial charge in [0, 0.05) is 6.04 Å². The predicted molar refractivity (Wildman–Crippen MR) is 86.9 cm³/mol. The number of nitrogens with zero attached hydrogens (tertiary/aromatic N) is 1. The third-order valence-corrected chi connectivity index (χ3v) is 5.75. The van der Waals surface area contributed by atoms with Gasteiger partial charge in [0.25, 0.3) is 0 Å². The summed E-state index contributed by atoms with van der Waals surface area (Å²) >= 11 is 0. The van der Waals surface area contributed by atoms with E-state index in [0.29, 0.717) is 31.5 Å². The molecular weight excluding hydrogens is 341 g/mol. The number of nitrogens with one attached hydrogen (secondary N) is 1. The number of rotatable bonds is 6. The molecule has 8 heteroatoms. The van der Waals surface area contributed by atoms with Crippen molar-refractivity contribution >= 4 is 10.0 Å². The van der Waals surface area contributed by atoms with Crippen molar-refractivity contribution in [3.8, 4) is 0 Å². The minimum atomic E-state index is -4.18. The van der Waals surface area contributed by atoms with Crippen LogP contribution in [-0.4, -0.2) is 45.2 Å². The molecule has 0 amide bonds. The van der Waals surface area contributed by atoms with Gasteiger partial charge in [-0.15, -0.1) is 0 Å². The molecule has 0 saturated carbocycles. The summed E-state index contributed by atoms with van der Waals surface area (Å²) in [5.74, 6) is -0.0366. The highest BCUT2D eigenvalue weighted by Crippen LogP contribution is 2.24. The third kappa shape index (κ3) is 6.41. The summed E-state index contributed by atoms with van der Waals surface area (Å²) in [6, 6.07) is 8.60. The van der Waals surface area contributed by atoms with Crippen molar-refractivity contribution in [3.05, 3.63) is 35.9 Å². The lowest BCUT2D eigenvalue weighted by Crippen LogP contribution is -2.46. The molecule has 0 spiro atoms. The summed E-state index contributed by atoms with van der Waals surface area (Å²) in [5, 5.41) is 0. The van der Waals surface area contributed by atoms with Crippen molar-refractivity contribution in [1.82, 2.24) is 9.62 Å². The van der Waals surface area contributed by atoms with Gasteiger partial charge in [-0.05, 0) is 44.3 Å². The van der Waals surface area contributed by atoms with Gasteiger partial charge in [0.1, 0.15) is 0 Å². The van der Waals surface area contributed by atoms with Crippen molar-refractivity contribution in [2.45, 2.75) is 37.7 Å². The summed E-state index contributed by atoms with van der Waals surface area (Å²) < 4.78 is 64.3. The predicted octanol–water partition coefficient (Wildman–Crippen LogP) is 2.77. The maximum Gasteiger partial charge on any atom is 0.401 e. The molecule has 1 fully saturated rings. The second-order valence-corrected chi connectivity index (χ2v) is 8.13. The number of hydrogen-bond acceptors (Lipinski definition) is 3. The molecule has 24 heavy (non-hydrogen) atoms. The van der Waals surface area contributed by atoms with Crippen LogP contribution in [0, 0.1) is 5.92 Å². The van der Waals surface area contributed by atoms with Gasteiger partial charge in [-0.1, -0.05) is 30.3 Å². The molecule has 0 bridgehead atoms. The van der Waals surface area contributed by atoms with Crippen molar-refractivity contribution in [2.75, 3.05) is 19.6 Å². The Morgan fingerprint density at radius 3 is 2.33 bits per heavy atom. The van der Waals surface area contributed by atoms with E-state index in [1.165, 1.54) is 4.90 Å². The van der Waals surface area contributed by atoms with E-state index in [-0.39, 0.29) is 17.7 Å². The number of alkyl halides is 3. The van der Waals surface area contributed by atoms with Crippen molar-refractivity contribution in [3.63, 3.8) is 0 Å². The molecule has 1 saturated heterocycles. The number of halogens is 3. The van der Waals surface area contributed by atoms with Crippen LogP contribution in [0.25, 0.3) is 0 Å². The quantitative estimate of drug-likeness (QED) is 0.844. The molecule has 1 aromatic carbocycles. The van der Waals surface area contributed by atoms with E-state index >= 15 is 0 Å². The van der Waals surface area contributed by atoms with Crippen LogP contribution < -0.4 is 4.72 Å². The molecule has 1 heterocycles. The molecule has 1 N–H and O–H groups in total. The number of likely N-dealkylation sites (tertiary alicyclic amines) is 1. The Morgan fingerprint density at radius 2 is 1.79 bits per heavy atom.